The van der Waals surface area contributed by atoms with Crippen molar-refractivity contribution in [2.75, 3.05) is 6.54 Å². The number of carbonyl (C=O) groups excluding carboxylic acids is 1. The number of aryl methyl sites for hydroxylation is 3. The zero-order valence-corrected chi connectivity index (χ0v) is 19.4. The molecule has 2 aromatic heterocycles. The number of benzene rings is 1. The zero-order chi connectivity index (χ0) is 20.9. The molecule has 4 rings (SSSR count). The summed E-state index contributed by atoms with van der Waals surface area (Å²) in [5, 5.41) is 0. The quantitative estimate of drug-likeness (QED) is 0.584. The Morgan fingerprint density at radius 3 is 2.69 bits per heavy atom. The van der Waals surface area contributed by atoms with Gasteiger partial charge in [-0.3, -0.25) is 4.79 Å². The molecule has 1 unspecified atom stereocenters. The van der Waals surface area contributed by atoms with Gasteiger partial charge < -0.3 is 4.57 Å². The number of carbonyl (C=O) groups is 1. The summed E-state index contributed by atoms with van der Waals surface area (Å²) in [5.41, 5.74) is 3.29. The maximum absolute atomic E-state index is 13.0. The van der Waals surface area contributed by atoms with E-state index >= 15 is 0 Å². The molecule has 1 aliphatic heterocycles. The van der Waals surface area contributed by atoms with Crippen LogP contribution in [0.2, 0.25) is 4.34 Å². The van der Waals surface area contributed by atoms with Gasteiger partial charge in [0, 0.05) is 13.6 Å². The number of aromatic nitrogens is 1. The fourth-order valence-electron chi connectivity index (χ4n) is 3.67. The van der Waals surface area contributed by atoms with Crippen molar-refractivity contribution in [2.45, 2.75) is 36.9 Å². The lowest BCUT2D eigenvalue weighted by Gasteiger charge is -2.20. The van der Waals surface area contributed by atoms with Crippen molar-refractivity contribution in [3.8, 4) is 0 Å². The lowest BCUT2D eigenvalue weighted by molar-refractivity contribution is -0.121. The van der Waals surface area contributed by atoms with Gasteiger partial charge in [-0.2, -0.15) is 9.30 Å². The second-order valence-corrected chi connectivity index (χ2v) is 12.0. The van der Waals surface area contributed by atoms with Crippen LogP contribution in [0.3, 0.4) is 0 Å². The van der Waals surface area contributed by atoms with Crippen LogP contribution in [0, 0.1) is 13.8 Å². The molecule has 1 amide bonds. The monoisotopic (exact) mass is 469 g/mol. The molecule has 1 atom stereocenters. The summed E-state index contributed by atoms with van der Waals surface area (Å²) in [7, 11) is -1.89. The third kappa shape index (κ3) is 3.70. The Balaban J connectivity index is 1.72. The number of sulfonamides is 1. The molecule has 3 heterocycles. The average Bonchev–Trinajstić information content (AvgIpc) is 3.36. The molecule has 10 heteroatoms. The molecule has 1 aliphatic rings. The second kappa shape index (κ2) is 7.63. The fraction of sp³-hybridized carbons (Fsp3) is 0.368. The van der Waals surface area contributed by atoms with Gasteiger partial charge in [0.15, 0.2) is 4.80 Å². The first-order valence-corrected chi connectivity index (χ1v) is 12.6. The molecule has 6 nitrogen and oxygen atoms in total. The maximum Gasteiger partial charge on any atom is 0.266 e. The molecular weight excluding hydrogens is 450 g/mol. The van der Waals surface area contributed by atoms with E-state index in [0.717, 1.165) is 32.7 Å². The molecule has 0 radical (unpaired) electrons. The minimum atomic E-state index is -3.77. The first kappa shape index (κ1) is 20.7. The van der Waals surface area contributed by atoms with E-state index in [4.69, 9.17) is 11.6 Å². The first-order chi connectivity index (χ1) is 13.7. The molecule has 0 N–H and O–H groups in total. The molecule has 0 aliphatic carbocycles. The number of hydrogen-bond donors (Lipinski definition) is 0. The van der Waals surface area contributed by atoms with Crippen LogP contribution >= 0.6 is 34.3 Å². The number of amides is 1. The number of fused-ring (bicyclic) bond motifs is 1. The van der Waals surface area contributed by atoms with Crippen LogP contribution in [0.4, 0.5) is 0 Å². The smallest absolute Gasteiger partial charge is 0.266 e. The van der Waals surface area contributed by atoms with Crippen molar-refractivity contribution >= 4 is 60.4 Å². The standard InChI is InChI=1S/C19H20ClN3O3S3/c1-11-9-12(2)17-14(10-11)22(3)19(28-17)21-18(24)13-5-4-8-23(13)29(25,26)16-7-6-15(20)27-16/h6-7,9-10,13H,4-5,8H2,1-3H3. The van der Waals surface area contributed by atoms with Gasteiger partial charge in [0.25, 0.3) is 15.9 Å². The summed E-state index contributed by atoms with van der Waals surface area (Å²) < 4.78 is 30.8. The Bertz CT molecular complexity index is 1290. The zero-order valence-electron chi connectivity index (χ0n) is 16.2. The summed E-state index contributed by atoms with van der Waals surface area (Å²) in [6.07, 6.45) is 1.09. The summed E-state index contributed by atoms with van der Waals surface area (Å²) in [5.74, 6) is -0.426. The van der Waals surface area contributed by atoms with Crippen molar-refractivity contribution in [1.82, 2.24) is 8.87 Å². The van der Waals surface area contributed by atoms with Crippen LogP contribution < -0.4 is 4.80 Å². The molecular formula is C19H20ClN3O3S3. The largest absolute Gasteiger partial charge is 0.319 e. The van der Waals surface area contributed by atoms with E-state index in [1.807, 2.05) is 25.5 Å². The molecule has 29 heavy (non-hydrogen) atoms. The van der Waals surface area contributed by atoms with Crippen LogP contribution in [0.15, 0.2) is 33.5 Å². The van der Waals surface area contributed by atoms with E-state index in [1.54, 1.807) is 6.07 Å². The summed E-state index contributed by atoms with van der Waals surface area (Å²) in [6, 6.07) is 6.42. The first-order valence-electron chi connectivity index (χ1n) is 9.11. The number of halogens is 1. The Hall–Kier alpha value is -1.52. The van der Waals surface area contributed by atoms with Crippen LogP contribution in [0.25, 0.3) is 10.2 Å². The van der Waals surface area contributed by atoms with Crippen molar-refractivity contribution in [3.05, 3.63) is 44.5 Å². The molecule has 0 saturated carbocycles. The van der Waals surface area contributed by atoms with Crippen molar-refractivity contribution in [1.29, 1.82) is 0 Å². The third-order valence-corrected chi connectivity index (χ3v) is 9.94. The van der Waals surface area contributed by atoms with E-state index in [1.165, 1.54) is 21.7 Å². The van der Waals surface area contributed by atoms with Crippen LogP contribution in [-0.2, 0) is 21.9 Å². The van der Waals surface area contributed by atoms with E-state index in [-0.39, 0.29) is 4.21 Å². The van der Waals surface area contributed by atoms with Crippen molar-refractivity contribution < 1.29 is 13.2 Å². The lowest BCUT2D eigenvalue weighted by atomic mass is 10.1. The van der Waals surface area contributed by atoms with Gasteiger partial charge in [0.2, 0.25) is 0 Å². The highest BCUT2D eigenvalue weighted by atomic mass is 35.5. The molecule has 1 saturated heterocycles. The number of thiazole rings is 1. The number of rotatable bonds is 3. The predicted octanol–water partition coefficient (Wildman–Crippen LogP) is 3.85. The summed E-state index contributed by atoms with van der Waals surface area (Å²) in [6.45, 7) is 4.37. The minimum absolute atomic E-state index is 0.153. The van der Waals surface area contributed by atoms with Gasteiger partial charge in [0.1, 0.15) is 10.3 Å². The Morgan fingerprint density at radius 1 is 1.24 bits per heavy atom. The molecule has 154 valence electrons. The molecule has 1 aromatic carbocycles. The van der Waals surface area contributed by atoms with Gasteiger partial charge >= 0.3 is 0 Å². The van der Waals surface area contributed by atoms with Crippen LogP contribution in [0.1, 0.15) is 24.0 Å². The molecule has 3 aromatic rings. The van der Waals surface area contributed by atoms with E-state index < -0.39 is 22.0 Å². The van der Waals surface area contributed by atoms with E-state index in [9.17, 15) is 13.2 Å². The maximum atomic E-state index is 13.0. The average molecular weight is 470 g/mol. The van der Waals surface area contributed by atoms with E-state index in [0.29, 0.717) is 28.5 Å². The van der Waals surface area contributed by atoms with Gasteiger partial charge in [-0.05, 0) is 56.0 Å². The van der Waals surface area contributed by atoms with Crippen LogP contribution in [0.5, 0.6) is 0 Å². The Morgan fingerprint density at radius 2 is 2.00 bits per heavy atom. The molecule has 0 bridgehead atoms. The van der Waals surface area contributed by atoms with Gasteiger partial charge in [-0.25, -0.2) is 8.42 Å². The number of nitrogens with zero attached hydrogens (tertiary/aromatic N) is 3. The number of hydrogen-bond acceptors (Lipinski definition) is 5. The molecule has 1 fully saturated rings. The predicted molar refractivity (Wildman–Crippen MR) is 117 cm³/mol. The fourth-order valence-corrected chi connectivity index (χ4v) is 8.01. The minimum Gasteiger partial charge on any atom is -0.319 e. The highest BCUT2D eigenvalue weighted by Gasteiger charge is 2.40. The van der Waals surface area contributed by atoms with Crippen molar-refractivity contribution in [2.24, 2.45) is 12.0 Å². The van der Waals surface area contributed by atoms with E-state index in [2.05, 4.69) is 17.1 Å². The highest BCUT2D eigenvalue weighted by Crippen LogP contribution is 2.32. The SMILES string of the molecule is Cc1cc(C)c2sc(=NC(=O)C3CCCN3S(=O)(=O)c3ccc(Cl)s3)n(C)c2c1. The Kier molecular flexibility index (Phi) is 5.45. The van der Waals surface area contributed by atoms with Gasteiger partial charge in [-0.15, -0.1) is 11.3 Å². The number of thiophene rings is 1. The second-order valence-electron chi connectivity index (χ2n) is 7.16. The van der Waals surface area contributed by atoms with Crippen LogP contribution in [-0.4, -0.2) is 35.8 Å². The van der Waals surface area contributed by atoms with Gasteiger partial charge in [-0.1, -0.05) is 29.0 Å². The summed E-state index contributed by atoms with van der Waals surface area (Å²) in [4.78, 5) is 17.9. The normalized spacial score (nSPS) is 18.8. The lowest BCUT2D eigenvalue weighted by Crippen LogP contribution is -2.40. The third-order valence-electron chi connectivity index (χ3n) is 5.05. The topological polar surface area (TPSA) is 71.7 Å². The van der Waals surface area contributed by atoms with Crippen molar-refractivity contribution in [3.63, 3.8) is 0 Å². The molecule has 0 spiro atoms. The Labute approximate surface area is 182 Å². The highest BCUT2D eigenvalue weighted by molar-refractivity contribution is 7.91. The van der Waals surface area contributed by atoms with Gasteiger partial charge in [0.05, 0.1) is 14.6 Å². The summed E-state index contributed by atoms with van der Waals surface area (Å²) >= 11 is 8.35.